The molecule has 6 aliphatic rings. The molecule has 0 spiro atoms. The molecule has 4 saturated heterocycles. The Morgan fingerprint density at radius 1 is 1.16 bits per heavy atom. The van der Waals surface area contributed by atoms with E-state index in [2.05, 4.69) is 15.1 Å². The Labute approximate surface area is 258 Å². The molecule has 2 bridgehead atoms. The summed E-state index contributed by atoms with van der Waals surface area (Å²) in [6.45, 7) is 3.57. The minimum Gasteiger partial charge on any atom is -0.508 e. The van der Waals surface area contributed by atoms with Gasteiger partial charge in [0.2, 0.25) is 5.88 Å². The molecule has 44 heavy (non-hydrogen) atoms. The van der Waals surface area contributed by atoms with Crippen molar-refractivity contribution in [2.45, 2.75) is 81.3 Å². The maximum Gasteiger partial charge on any atom is 0.419 e. The molecule has 2 aromatic rings. The Morgan fingerprint density at radius 2 is 1.93 bits per heavy atom. The number of pyridine rings is 1. The average Bonchev–Trinajstić information content (AvgIpc) is 3.67. The Hall–Kier alpha value is -2.96. The monoisotopic (exact) mass is 632 g/mol. The maximum absolute atomic E-state index is 14.2. The zero-order valence-corrected chi connectivity index (χ0v) is 25.3. The lowest BCUT2D eigenvalue weighted by molar-refractivity contribution is -0.137. The van der Waals surface area contributed by atoms with Crippen LogP contribution in [0.3, 0.4) is 0 Å². The van der Waals surface area contributed by atoms with E-state index >= 15 is 0 Å². The molecule has 9 nitrogen and oxygen atoms in total. The SMILES string of the molecule is CN1C(=O)C2C3CCC(CN2c2c4c(nc(OCC56CCCN5CCC6)c21)CN(c1cc(O)cc(Cl)c1C(F)(F)F)CC4)N3. The molecule has 4 fully saturated rings. The van der Waals surface area contributed by atoms with Crippen LogP contribution in [0, 0.1) is 0 Å². The number of alkyl halides is 3. The molecule has 1 amide bonds. The van der Waals surface area contributed by atoms with Gasteiger partial charge in [-0.15, -0.1) is 0 Å². The summed E-state index contributed by atoms with van der Waals surface area (Å²) in [5.74, 6) is 0.0337. The highest BCUT2D eigenvalue weighted by Crippen LogP contribution is 2.51. The summed E-state index contributed by atoms with van der Waals surface area (Å²) in [5, 5.41) is 13.3. The number of nitrogens with one attached hydrogen (secondary N) is 1. The normalized spacial score (nSPS) is 27.3. The van der Waals surface area contributed by atoms with E-state index in [1.54, 1.807) is 16.8 Å². The van der Waals surface area contributed by atoms with E-state index in [1.807, 2.05) is 0 Å². The Balaban J connectivity index is 1.24. The Bertz CT molecular complexity index is 1530. The highest BCUT2D eigenvalue weighted by atomic mass is 35.5. The molecule has 0 aliphatic carbocycles. The number of piperazine rings is 1. The second kappa shape index (κ2) is 10.0. The molecule has 1 aromatic carbocycles. The Kier molecular flexibility index (Phi) is 6.49. The molecule has 0 radical (unpaired) electrons. The van der Waals surface area contributed by atoms with Crippen molar-refractivity contribution in [3.63, 3.8) is 0 Å². The zero-order valence-electron chi connectivity index (χ0n) is 24.6. The molecule has 0 saturated carbocycles. The zero-order chi connectivity index (χ0) is 30.5. The van der Waals surface area contributed by atoms with Crippen LogP contribution in [0.5, 0.6) is 11.6 Å². The van der Waals surface area contributed by atoms with E-state index in [1.165, 1.54) is 0 Å². The van der Waals surface area contributed by atoms with Crippen molar-refractivity contribution >= 4 is 34.6 Å². The maximum atomic E-state index is 14.2. The van der Waals surface area contributed by atoms with Gasteiger partial charge in [0.05, 0.1) is 39.7 Å². The van der Waals surface area contributed by atoms with Crippen molar-refractivity contribution in [2.75, 3.05) is 54.5 Å². The number of ether oxygens (including phenoxy) is 1. The number of benzene rings is 1. The number of hydrogen-bond donors (Lipinski definition) is 2. The van der Waals surface area contributed by atoms with Crippen LogP contribution in [-0.4, -0.2) is 84.4 Å². The largest absolute Gasteiger partial charge is 0.508 e. The van der Waals surface area contributed by atoms with E-state index in [4.69, 9.17) is 21.3 Å². The molecule has 3 atom stereocenters. The van der Waals surface area contributed by atoms with E-state index in [9.17, 15) is 23.1 Å². The quantitative estimate of drug-likeness (QED) is 0.516. The fourth-order valence-electron chi connectivity index (χ4n) is 8.87. The topological polar surface area (TPSA) is 84.4 Å². The number of carbonyl (C=O) groups is 1. The van der Waals surface area contributed by atoms with Gasteiger partial charge in [-0.05, 0) is 64.1 Å². The first kappa shape index (κ1) is 28.5. The van der Waals surface area contributed by atoms with Crippen LogP contribution >= 0.6 is 11.6 Å². The molecule has 13 heteroatoms. The van der Waals surface area contributed by atoms with E-state index < -0.39 is 16.8 Å². The van der Waals surface area contributed by atoms with Gasteiger partial charge in [-0.25, -0.2) is 4.98 Å². The van der Waals surface area contributed by atoms with Gasteiger partial charge in [0.25, 0.3) is 5.91 Å². The number of hydrogen-bond acceptors (Lipinski definition) is 8. The second-order valence-corrected chi connectivity index (χ2v) is 13.7. The molecule has 8 rings (SSSR count). The molecule has 236 valence electrons. The fraction of sp³-hybridized carbons (Fsp3) is 0.613. The lowest BCUT2D eigenvalue weighted by atomic mass is 9.92. The van der Waals surface area contributed by atoms with E-state index in [-0.39, 0.29) is 54.1 Å². The highest BCUT2D eigenvalue weighted by molar-refractivity contribution is 6.32. The van der Waals surface area contributed by atoms with Crippen LogP contribution in [0.2, 0.25) is 5.02 Å². The van der Waals surface area contributed by atoms with Gasteiger partial charge in [-0.3, -0.25) is 9.69 Å². The number of amides is 1. The summed E-state index contributed by atoms with van der Waals surface area (Å²) in [7, 11) is 1.79. The van der Waals surface area contributed by atoms with Crippen molar-refractivity contribution in [1.82, 2.24) is 15.2 Å². The van der Waals surface area contributed by atoms with Crippen molar-refractivity contribution in [3.05, 3.63) is 34.0 Å². The fourth-order valence-corrected chi connectivity index (χ4v) is 9.19. The Morgan fingerprint density at radius 3 is 2.68 bits per heavy atom. The number of anilines is 3. The summed E-state index contributed by atoms with van der Waals surface area (Å²) in [4.78, 5) is 26.9. The smallest absolute Gasteiger partial charge is 0.419 e. The van der Waals surface area contributed by atoms with Gasteiger partial charge in [-0.2, -0.15) is 13.2 Å². The number of phenols is 1. The number of aromatic hydroxyl groups is 1. The average molecular weight is 633 g/mol. The minimum atomic E-state index is -4.71. The number of halogens is 4. The summed E-state index contributed by atoms with van der Waals surface area (Å²) >= 11 is 6.05. The summed E-state index contributed by atoms with van der Waals surface area (Å²) in [5.41, 5.74) is 1.95. The number of fused-ring (bicyclic) bond motifs is 9. The van der Waals surface area contributed by atoms with Gasteiger partial charge >= 0.3 is 6.18 Å². The third-order valence-corrected chi connectivity index (χ3v) is 11.2. The van der Waals surface area contributed by atoms with Crippen molar-refractivity contribution in [1.29, 1.82) is 0 Å². The second-order valence-electron chi connectivity index (χ2n) is 13.3. The summed E-state index contributed by atoms with van der Waals surface area (Å²) in [6.07, 6.45) is 1.95. The van der Waals surface area contributed by atoms with Crippen molar-refractivity contribution in [3.8, 4) is 11.6 Å². The van der Waals surface area contributed by atoms with Gasteiger partial charge in [0, 0.05) is 43.9 Å². The third kappa shape index (κ3) is 4.27. The van der Waals surface area contributed by atoms with Crippen molar-refractivity contribution < 1.29 is 27.8 Å². The molecular formula is C31H36ClF3N6O3. The first-order chi connectivity index (χ1) is 21.0. The van der Waals surface area contributed by atoms with Gasteiger partial charge in [0.1, 0.15) is 24.1 Å². The number of aromatic nitrogens is 1. The number of carbonyl (C=O) groups excluding carboxylic acids is 1. The summed E-state index contributed by atoms with van der Waals surface area (Å²) < 4.78 is 49.2. The van der Waals surface area contributed by atoms with Crippen LogP contribution in [0.1, 0.15) is 55.3 Å². The predicted octanol–water partition coefficient (Wildman–Crippen LogP) is 4.31. The number of phenolic OH excluding ortho intramolecular Hbond substituents is 1. The molecule has 3 unspecified atom stereocenters. The highest BCUT2D eigenvalue weighted by Gasteiger charge is 2.52. The van der Waals surface area contributed by atoms with Crippen LogP contribution in [0.25, 0.3) is 0 Å². The van der Waals surface area contributed by atoms with Crippen LogP contribution in [-0.2, 0) is 23.9 Å². The minimum absolute atomic E-state index is 0.00475. The van der Waals surface area contributed by atoms with E-state index in [0.717, 1.165) is 75.0 Å². The first-order valence-corrected chi connectivity index (χ1v) is 16.0. The summed E-state index contributed by atoms with van der Waals surface area (Å²) in [6, 6.07) is 2.00. The van der Waals surface area contributed by atoms with Crippen LogP contribution < -0.4 is 24.8 Å². The molecule has 2 N–H and O–H groups in total. The first-order valence-electron chi connectivity index (χ1n) is 15.6. The lowest BCUT2D eigenvalue weighted by Crippen LogP contribution is -2.66. The number of rotatable bonds is 4. The predicted molar refractivity (Wildman–Crippen MR) is 160 cm³/mol. The van der Waals surface area contributed by atoms with Gasteiger partial charge in [0.15, 0.2) is 0 Å². The van der Waals surface area contributed by atoms with Gasteiger partial charge in [-0.1, -0.05) is 11.6 Å². The third-order valence-electron chi connectivity index (χ3n) is 10.9. The molecule has 1 aromatic heterocycles. The van der Waals surface area contributed by atoms with Crippen molar-refractivity contribution in [2.24, 2.45) is 0 Å². The number of likely N-dealkylation sites (N-methyl/N-ethyl adjacent to an activating group) is 1. The molecule has 6 aliphatic heterocycles. The molecule has 7 heterocycles. The van der Waals surface area contributed by atoms with E-state index in [0.29, 0.717) is 36.8 Å². The van der Waals surface area contributed by atoms with Crippen LogP contribution in [0.15, 0.2) is 12.1 Å². The standard InChI is InChI=1S/C31H36ClF3N6O3/c1-38-27-25(41-14-17-4-5-21(36-17)26(41)29(38)43)19-6-11-39(23-13-18(42)12-20(32)24(23)31(33,34)35)15-22(19)37-28(27)44-16-30-7-2-9-40(30)10-3-8-30/h12-13,17,21,26,36,42H,2-11,14-16H2,1H3. The van der Waals surface area contributed by atoms with Crippen LogP contribution in [0.4, 0.5) is 30.2 Å². The molecular weight excluding hydrogens is 597 g/mol. The van der Waals surface area contributed by atoms with Gasteiger partial charge < -0.3 is 29.9 Å². The number of nitrogens with zero attached hydrogens (tertiary/aromatic N) is 5. The lowest BCUT2D eigenvalue weighted by Gasteiger charge is -2.49.